The standard InChI is InChI=1S/C14H14O2/c1-9(2)11-6-12-5-10(8-15)3-4-13(12)14(16)7-11/h3-9,16H,1-2H3. The van der Waals surface area contributed by atoms with E-state index in [1.165, 1.54) is 0 Å². The summed E-state index contributed by atoms with van der Waals surface area (Å²) in [5, 5.41) is 11.6. The predicted octanol–water partition coefficient (Wildman–Crippen LogP) is 3.48. The SMILES string of the molecule is CC(C)c1cc(O)c2ccc(C=O)cc2c1. The second-order valence-electron chi connectivity index (χ2n) is 4.29. The highest BCUT2D eigenvalue weighted by atomic mass is 16.3. The molecule has 2 nitrogen and oxygen atoms in total. The molecule has 0 amide bonds. The molecule has 0 aromatic heterocycles. The van der Waals surface area contributed by atoms with Crippen molar-refractivity contribution in [3.05, 3.63) is 41.5 Å². The largest absolute Gasteiger partial charge is 0.507 e. The third kappa shape index (κ3) is 1.78. The Morgan fingerprint density at radius 2 is 1.94 bits per heavy atom. The van der Waals surface area contributed by atoms with Gasteiger partial charge in [-0.25, -0.2) is 0 Å². The number of carbonyl (C=O) groups excluding carboxylic acids is 1. The van der Waals surface area contributed by atoms with Crippen LogP contribution in [-0.4, -0.2) is 11.4 Å². The fourth-order valence-corrected chi connectivity index (χ4v) is 1.80. The quantitative estimate of drug-likeness (QED) is 0.777. The zero-order chi connectivity index (χ0) is 11.7. The average molecular weight is 214 g/mol. The highest BCUT2D eigenvalue weighted by Crippen LogP contribution is 2.30. The Hall–Kier alpha value is -1.83. The fraction of sp³-hybridized carbons (Fsp3) is 0.214. The lowest BCUT2D eigenvalue weighted by Gasteiger charge is -2.09. The number of phenolic OH excluding ortho intramolecular Hbond substituents is 1. The number of hydrogen-bond acceptors (Lipinski definition) is 2. The Bertz CT molecular complexity index is 542. The lowest BCUT2D eigenvalue weighted by atomic mass is 9.97. The molecular formula is C14H14O2. The molecule has 0 aliphatic rings. The first kappa shape index (κ1) is 10.7. The molecule has 2 heteroatoms. The second kappa shape index (κ2) is 3.97. The number of benzene rings is 2. The molecule has 0 saturated carbocycles. The van der Waals surface area contributed by atoms with Crippen LogP contribution in [0.4, 0.5) is 0 Å². The van der Waals surface area contributed by atoms with E-state index in [1.54, 1.807) is 24.3 Å². The number of rotatable bonds is 2. The molecule has 0 heterocycles. The van der Waals surface area contributed by atoms with Gasteiger partial charge in [0.05, 0.1) is 0 Å². The van der Waals surface area contributed by atoms with Crippen molar-refractivity contribution < 1.29 is 9.90 Å². The normalized spacial score (nSPS) is 10.9. The van der Waals surface area contributed by atoms with E-state index in [9.17, 15) is 9.90 Å². The number of aldehydes is 1. The molecule has 2 rings (SSSR count). The van der Waals surface area contributed by atoms with Crippen LogP contribution in [0.15, 0.2) is 30.3 Å². The van der Waals surface area contributed by atoms with Gasteiger partial charge in [0.1, 0.15) is 12.0 Å². The van der Waals surface area contributed by atoms with Gasteiger partial charge in [-0.05, 0) is 35.1 Å². The highest BCUT2D eigenvalue weighted by Gasteiger charge is 2.06. The topological polar surface area (TPSA) is 37.3 Å². The minimum Gasteiger partial charge on any atom is -0.507 e. The lowest BCUT2D eigenvalue weighted by Crippen LogP contribution is -1.88. The number of carbonyl (C=O) groups is 1. The monoisotopic (exact) mass is 214 g/mol. The van der Waals surface area contributed by atoms with Gasteiger partial charge in [-0.15, -0.1) is 0 Å². The van der Waals surface area contributed by atoms with Crippen molar-refractivity contribution >= 4 is 17.1 Å². The molecule has 0 radical (unpaired) electrons. The first-order valence-corrected chi connectivity index (χ1v) is 5.33. The van der Waals surface area contributed by atoms with E-state index in [0.717, 1.165) is 22.6 Å². The molecule has 0 unspecified atom stereocenters. The molecule has 0 bridgehead atoms. The molecule has 0 spiro atoms. The Morgan fingerprint density at radius 1 is 1.19 bits per heavy atom. The molecular weight excluding hydrogens is 200 g/mol. The zero-order valence-corrected chi connectivity index (χ0v) is 9.40. The molecule has 82 valence electrons. The van der Waals surface area contributed by atoms with Crippen LogP contribution in [0.25, 0.3) is 10.8 Å². The Labute approximate surface area is 94.5 Å². The summed E-state index contributed by atoms with van der Waals surface area (Å²) in [6.45, 7) is 4.15. The first-order chi connectivity index (χ1) is 7.61. The van der Waals surface area contributed by atoms with E-state index < -0.39 is 0 Å². The van der Waals surface area contributed by atoms with E-state index in [4.69, 9.17) is 0 Å². The van der Waals surface area contributed by atoms with Crippen LogP contribution < -0.4 is 0 Å². The van der Waals surface area contributed by atoms with Crippen molar-refractivity contribution in [3.8, 4) is 5.75 Å². The van der Waals surface area contributed by atoms with Gasteiger partial charge < -0.3 is 5.11 Å². The van der Waals surface area contributed by atoms with Crippen LogP contribution in [0.3, 0.4) is 0 Å². The Morgan fingerprint density at radius 3 is 2.56 bits per heavy atom. The summed E-state index contributed by atoms with van der Waals surface area (Å²) >= 11 is 0. The first-order valence-electron chi connectivity index (χ1n) is 5.33. The third-order valence-corrected chi connectivity index (χ3v) is 2.78. The fourth-order valence-electron chi connectivity index (χ4n) is 1.80. The van der Waals surface area contributed by atoms with Crippen molar-refractivity contribution in [1.82, 2.24) is 0 Å². The van der Waals surface area contributed by atoms with E-state index >= 15 is 0 Å². The van der Waals surface area contributed by atoms with Crippen LogP contribution in [0.1, 0.15) is 35.7 Å². The van der Waals surface area contributed by atoms with Crippen molar-refractivity contribution in [2.24, 2.45) is 0 Å². The second-order valence-corrected chi connectivity index (χ2v) is 4.29. The average Bonchev–Trinajstić information content (AvgIpc) is 2.28. The number of hydrogen-bond donors (Lipinski definition) is 1. The van der Waals surface area contributed by atoms with Crippen molar-refractivity contribution in [1.29, 1.82) is 0 Å². The predicted molar refractivity (Wildman–Crippen MR) is 65.1 cm³/mol. The summed E-state index contributed by atoms with van der Waals surface area (Å²) in [4.78, 5) is 10.7. The molecule has 2 aromatic rings. The Balaban J connectivity index is 2.72. The molecule has 16 heavy (non-hydrogen) atoms. The summed E-state index contributed by atoms with van der Waals surface area (Å²) in [6.07, 6.45) is 0.818. The van der Waals surface area contributed by atoms with E-state index in [2.05, 4.69) is 13.8 Å². The zero-order valence-electron chi connectivity index (χ0n) is 9.40. The molecule has 0 saturated heterocycles. The molecule has 0 atom stereocenters. The third-order valence-electron chi connectivity index (χ3n) is 2.78. The van der Waals surface area contributed by atoms with Gasteiger partial charge in [0.15, 0.2) is 0 Å². The summed E-state index contributed by atoms with van der Waals surface area (Å²) in [5.41, 5.74) is 1.71. The minimum absolute atomic E-state index is 0.277. The van der Waals surface area contributed by atoms with Crippen LogP contribution in [0, 0.1) is 0 Å². The summed E-state index contributed by atoms with van der Waals surface area (Å²) in [6, 6.07) is 9.09. The van der Waals surface area contributed by atoms with Crippen LogP contribution in [0.2, 0.25) is 0 Å². The molecule has 2 aromatic carbocycles. The molecule has 0 aliphatic carbocycles. The van der Waals surface area contributed by atoms with Crippen molar-refractivity contribution in [2.45, 2.75) is 19.8 Å². The van der Waals surface area contributed by atoms with Gasteiger partial charge in [0, 0.05) is 10.9 Å². The lowest BCUT2D eigenvalue weighted by molar-refractivity contribution is 0.112. The van der Waals surface area contributed by atoms with Gasteiger partial charge in [0.2, 0.25) is 0 Å². The minimum atomic E-state index is 0.277. The molecule has 0 fully saturated rings. The van der Waals surface area contributed by atoms with Crippen molar-refractivity contribution in [2.75, 3.05) is 0 Å². The summed E-state index contributed by atoms with van der Waals surface area (Å²) in [7, 11) is 0. The van der Waals surface area contributed by atoms with Crippen LogP contribution >= 0.6 is 0 Å². The van der Waals surface area contributed by atoms with Crippen LogP contribution in [0.5, 0.6) is 5.75 Å². The number of phenols is 1. The molecule has 1 N–H and O–H groups in total. The van der Waals surface area contributed by atoms with E-state index in [1.807, 2.05) is 6.07 Å². The number of aromatic hydroxyl groups is 1. The van der Waals surface area contributed by atoms with Gasteiger partial charge in [-0.3, -0.25) is 4.79 Å². The van der Waals surface area contributed by atoms with Gasteiger partial charge in [-0.2, -0.15) is 0 Å². The van der Waals surface area contributed by atoms with Crippen LogP contribution in [-0.2, 0) is 0 Å². The molecule has 0 aliphatic heterocycles. The van der Waals surface area contributed by atoms with E-state index in [0.29, 0.717) is 11.5 Å². The summed E-state index contributed by atoms with van der Waals surface area (Å²) in [5.74, 6) is 0.633. The highest BCUT2D eigenvalue weighted by molar-refractivity contribution is 5.93. The summed E-state index contributed by atoms with van der Waals surface area (Å²) < 4.78 is 0. The smallest absolute Gasteiger partial charge is 0.150 e. The van der Waals surface area contributed by atoms with Gasteiger partial charge in [0.25, 0.3) is 0 Å². The number of fused-ring (bicyclic) bond motifs is 1. The van der Waals surface area contributed by atoms with Crippen molar-refractivity contribution in [3.63, 3.8) is 0 Å². The van der Waals surface area contributed by atoms with E-state index in [-0.39, 0.29) is 5.75 Å². The Kier molecular flexibility index (Phi) is 2.65. The maximum absolute atomic E-state index is 10.7. The maximum Gasteiger partial charge on any atom is 0.150 e. The maximum atomic E-state index is 10.7. The van der Waals surface area contributed by atoms with Gasteiger partial charge in [-0.1, -0.05) is 26.0 Å². The van der Waals surface area contributed by atoms with Gasteiger partial charge >= 0.3 is 0 Å².